The van der Waals surface area contributed by atoms with Crippen LogP contribution >= 0.6 is 11.8 Å². The summed E-state index contributed by atoms with van der Waals surface area (Å²) >= 11 is 1.34. The minimum Gasteiger partial charge on any atom is -0.495 e. The van der Waals surface area contributed by atoms with Crippen molar-refractivity contribution in [1.82, 2.24) is 9.55 Å². The Kier molecular flexibility index (Phi) is 8.88. The molecule has 36 heavy (non-hydrogen) atoms. The summed E-state index contributed by atoms with van der Waals surface area (Å²) in [5.41, 5.74) is 2.21. The van der Waals surface area contributed by atoms with Gasteiger partial charge in [0.25, 0.3) is 5.56 Å². The zero-order valence-corrected chi connectivity index (χ0v) is 22.0. The molecule has 2 heterocycles. The van der Waals surface area contributed by atoms with E-state index in [0.29, 0.717) is 53.7 Å². The van der Waals surface area contributed by atoms with Gasteiger partial charge < -0.3 is 19.7 Å². The highest BCUT2D eigenvalue weighted by molar-refractivity contribution is 8.00. The summed E-state index contributed by atoms with van der Waals surface area (Å²) in [5, 5.41) is 3.73. The first-order valence-electron chi connectivity index (χ1n) is 12.5. The number of carbonyl (C=O) groups is 1. The molecule has 1 N–H and O–H groups in total. The molecular weight excluding hydrogens is 476 g/mol. The van der Waals surface area contributed by atoms with Gasteiger partial charge in [-0.25, -0.2) is 4.98 Å². The fourth-order valence-electron chi connectivity index (χ4n) is 4.22. The Bertz CT molecular complexity index is 1260. The molecule has 9 heteroatoms. The Morgan fingerprint density at radius 2 is 1.97 bits per heavy atom. The van der Waals surface area contributed by atoms with E-state index < -0.39 is 5.25 Å². The van der Waals surface area contributed by atoms with Gasteiger partial charge in [-0.15, -0.1) is 0 Å². The van der Waals surface area contributed by atoms with E-state index in [1.54, 1.807) is 11.7 Å². The molecule has 0 saturated carbocycles. The quantitative estimate of drug-likeness (QED) is 0.316. The SMILES string of the molecule is CCCCn1c(S[C@H](CC)C(=O)Nc2ccccc2OC)nc2ccc(N3CCOCC3)cc2c1=O. The van der Waals surface area contributed by atoms with Crippen LogP contribution in [0.3, 0.4) is 0 Å². The van der Waals surface area contributed by atoms with Crippen molar-refractivity contribution in [3.8, 4) is 5.75 Å². The van der Waals surface area contributed by atoms with Crippen molar-refractivity contribution in [3.63, 3.8) is 0 Å². The molecule has 3 aromatic rings. The lowest BCUT2D eigenvalue weighted by molar-refractivity contribution is -0.115. The van der Waals surface area contributed by atoms with Crippen LogP contribution in [0.15, 0.2) is 52.4 Å². The molecule has 1 fully saturated rings. The minimum absolute atomic E-state index is 0.0638. The lowest BCUT2D eigenvalue weighted by Crippen LogP contribution is -2.36. The van der Waals surface area contributed by atoms with Crippen LogP contribution in [0, 0.1) is 0 Å². The third-order valence-electron chi connectivity index (χ3n) is 6.29. The van der Waals surface area contributed by atoms with Gasteiger partial charge in [0, 0.05) is 25.3 Å². The highest BCUT2D eigenvalue weighted by Gasteiger charge is 2.23. The molecule has 192 valence electrons. The average molecular weight is 511 g/mol. The van der Waals surface area contributed by atoms with Crippen LogP contribution in [-0.2, 0) is 16.1 Å². The summed E-state index contributed by atoms with van der Waals surface area (Å²) in [7, 11) is 1.58. The molecule has 1 aromatic heterocycles. The van der Waals surface area contributed by atoms with E-state index in [2.05, 4.69) is 17.1 Å². The number of methoxy groups -OCH3 is 1. The Hall–Kier alpha value is -3.04. The number of nitrogens with one attached hydrogen (secondary N) is 1. The standard InChI is InChI=1S/C27H34N4O4S/c1-4-6-13-31-26(33)20-18-19(30-14-16-35-17-15-30)11-12-21(20)29-27(31)36-24(5-2)25(32)28-22-9-7-8-10-23(22)34-3/h7-12,18,24H,4-6,13-17H2,1-3H3,(H,28,32)/t24-/m1/s1. The number of morpholine rings is 1. The predicted molar refractivity (Wildman–Crippen MR) is 146 cm³/mol. The van der Waals surface area contributed by atoms with Crippen LogP contribution in [0.5, 0.6) is 5.75 Å². The van der Waals surface area contributed by atoms with E-state index in [-0.39, 0.29) is 11.5 Å². The molecule has 4 rings (SSSR count). The zero-order valence-electron chi connectivity index (χ0n) is 21.2. The number of hydrogen-bond acceptors (Lipinski definition) is 7. The number of hydrogen-bond donors (Lipinski definition) is 1. The van der Waals surface area contributed by atoms with Gasteiger partial charge in [0.2, 0.25) is 5.91 Å². The van der Waals surface area contributed by atoms with Gasteiger partial charge in [-0.05, 0) is 43.2 Å². The number of nitrogens with zero attached hydrogens (tertiary/aromatic N) is 3. The molecule has 8 nitrogen and oxygen atoms in total. The van der Waals surface area contributed by atoms with Gasteiger partial charge in [-0.3, -0.25) is 14.2 Å². The molecule has 0 aliphatic carbocycles. The van der Waals surface area contributed by atoms with Crippen molar-refractivity contribution in [1.29, 1.82) is 0 Å². The second kappa shape index (κ2) is 12.3. The highest BCUT2D eigenvalue weighted by atomic mass is 32.2. The Labute approximate surface area is 216 Å². The fourth-order valence-corrected chi connectivity index (χ4v) is 5.26. The van der Waals surface area contributed by atoms with Crippen LogP contribution in [0.4, 0.5) is 11.4 Å². The third-order valence-corrected chi connectivity index (χ3v) is 7.64. The molecule has 0 bridgehead atoms. The van der Waals surface area contributed by atoms with E-state index in [1.165, 1.54) is 11.8 Å². The first-order valence-corrected chi connectivity index (χ1v) is 13.4. The number of fused-ring (bicyclic) bond motifs is 1. The number of aromatic nitrogens is 2. The van der Waals surface area contributed by atoms with E-state index in [1.807, 2.05) is 49.4 Å². The van der Waals surface area contributed by atoms with E-state index in [9.17, 15) is 9.59 Å². The van der Waals surface area contributed by atoms with Gasteiger partial charge in [0.05, 0.1) is 42.2 Å². The molecule has 0 spiro atoms. The third kappa shape index (κ3) is 5.84. The van der Waals surface area contributed by atoms with Crippen molar-refractivity contribution < 1.29 is 14.3 Å². The molecule has 0 radical (unpaired) electrons. The van der Waals surface area contributed by atoms with E-state index in [0.717, 1.165) is 31.6 Å². The van der Waals surface area contributed by atoms with Crippen LogP contribution in [0.1, 0.15) is 33.1 Å². The number of para-hydroxylation sites is 2. The maximum absolute atomic E-state index is 13.7. The second-order valence-corrected chi connectivity index (χ2v) is 9.88. The number of unbranched alkanes of at least 4 members (excludes halogenated alkanes) is 1. The van der Waals surface area contributed by atoms with Crippen LogP contribution in [-0.4, -0.2) is 54.1 Å². The summed E-state index contributed by atoms with van der Waals surface area (Å²) in [6.45, 7) is 7.59. The summed E-state index contributed by atoms with van der Waals surface area (Å²) < 4.78 is 12.6. The monoisotopic (exact) mass is 510 g/mol. The van der Waals surface area contributed by atoms with Crippen molar-refractivity contribution in [3.05, 3.63) is 52.8 Å². The summed E-state index contributed by atoms with van der Waals surface area (Å²) in [6, 6.07) is 13.2. The zero-order chi connectivity index (χ0) is 25.5. The van der Waals surface area contributed by atoms with Crippen molar-refractivity contribution >= 4 is 39.9 Å². The second-order valence-electron chi connectivity index (χ2n) is 8.71. The number of carbonyl (C=O) groups excluding carboxylic acids is 1. The van der Waals surface area contributed by atoms with Crippen LogP contribution < -0.4 is 20.5 Å². The largest absolute Gasteiger partial charge is 0.495 e. The van der Waals surface area contributed by atoms with Crippen LogP contribution in [0.2, 0.25) is 0 Å². The summed E-state index contributed by atoms with van der Waals surface area (Å²) in [6.07, 6.45) is 2.39. The molecule has 0 unspecified atom stereocenters. The minimum atomic E-state index is -0.417. The Morgan fingerprint density at radius 1 is 1.19 bits per heavy atom. The molecule has 1 saturated heterocycles. The Morgan fingerprint density at radius 3 is 2.69 bits per heavy atom. The molecule has 1 aliphatic heterocycles. The maximum Gasteiger partial charge on any atom is 0.262 e. The Balaban J connectivity index is 1.65. The fraction of sp³-hybridized carbons (Fsp3) is 0.444. The number of thioether (sulfide) groups is 1. The number of anilines is 2. The summed E-state index contributed by atoms with van der Waals surface area (Å²) in [5.74, 6) is 0.455. The topological polar surface area (TPSA) is 85.7 Å². The highest BCUT2D eigenvalue weighted by Crippen LogP contribution is 2.29. The number of benzene rings is 2. The average Bonchev–Trinajstić information content (AvgIpc) is 2.92. The van der Waals surface area contributed by atoms with E-state index in [4.69, 9.17) is 14.5 Å². The van der Waals surface area contributed by atoms with Crippen molar-refractivity contribution in [2.45, 2.75) is 50.1 Å². The lowest BCUT2D eigenvalue weighted by Gasteiger charge is -2.29. The first-order chi connectivity index (χ1) is 17.5. The lowest BCUT2D eigenvalue weighted by atomic mass is 10.2. The van der Waals surface area contributed by atoms with Gasteiger partial charge >= 0.3 is 0 Å². The smallest absolute Gasteiger partial charge is 0.262 e. The number of amides is 1. The molecule has 1 atom stereocenters. The van der Waals surface area contributed by atoms with E-state index >= 15 is 0 Å². The molecular formula is C27H34N4O4S. The predicted octanol–water partition coefficient (Wildman–Crippen LogP) is 4.55. The normalized spacial score (nSPS) is 14.6. The molecule has 1 amide bonds. The number of ether oxygens (including phenoxy) is 2. The van der Waals surface area contributed by atoms with Gasteiger partial charge in [0.1, 0.15) is 5.75 Å². The van der Waals surface area contributed by atoms with Gasteiger partial charge in [-0.1, -0.05) is 44.2 Å². The van der Waals surface area contributed by atoms with Gasteiger partial charge in [0.15, 0.2) is 5.16 Å². The maximum atomic E-state index is 13.7. The van der Waals surface area contributed by atoms with Gasteiger partial charge in [-0.2, -0.15) is 0 Å². The van der Waals surface area contributed by atoms with Crippen molar-refractivity contribution in [2.24, 2.45) is 0 Å². The molecule has 2 aromatic carbocycles. The molecule has 1 aliphatic rings. The van der Waals surface area contributed by atoms with Crippen LogP contribution in [0.25, 0.3) is 10.9 Å². The summed E-state index contributed by atoms with van der Waals surface area (Å²) in [4.78, 5) is 33.9. The van der Waals surface area contributed by atoms with Crippen molar-refractivity contribution in [2.75, 3.05) is 43.6 Å². The number of rotatable bonds is 10. The first kappa shape index (κ1) is 26.0.